The minimum absolute atomic E-state index is 0.301. The third kappa shape index (κ3) is 5.67. The molecule has 0 aliphatic heterocycles. The molecule has 0 saturated carbocycles. The Morgan fingerprint density at radius 3 is 2.61 bits per heavy atom. The summed E-state index contributed by atoms with van der Waals surface area (Å²) < 4.78 is 5.08. The van der Waals surface area contributed by atoms with E-state index in [4.69, 9.17) is 16.3 Å². The van der Waals surface area contributed by atoms with E-state index in [0.717, 1.165) is 0 Å². The Morgan fingerprint density at radius 1 is 1.33 bits per heavy atom. The molecule has 0 spiro atoms. The van der Waals surface area contributed by atoms with E-state index in [-0.39, 0.29) is 0 Å². The van der Waals surface area contributed by atoms with Crippen molar-refractivity contribution in [1.82, 2.24) is 15.3 Å². The summed E-state index contributed by atoms with van der Waals surface area (Å²) in [4.78, 5) is 19.2. The fourth-order valence-electron chi connectivity index (χ4n) is 1.10. The lowest BCUT2D eigenvalue weighted by Crippen LogP contribution is -2.35. The molecule has 1 aromatic rings. The highest BCUT2D eigenvalue weighted by Crippen LogP contribution is 2.13. The summed E-state index contributed by atoms with van der Waals surface area (Å²) in [6.07, 6.45) is 2.59. The van der Waals surface area contributed by atoms with Gasteiger partial charge in [-0.3, -0.25) is 0 Å². The maximum absolute atomic E-state index is 11.3. The molecular weight excluding hydrogens is 256 g/mol. The van der Waals surface area contributed by atoms with E-state index in [1.54, 1.807) is 0 Å². The van der Waals surface area contributed by atoms with E-state index in [0.29, 0.717) is 24.1 Å². The number of carbonyl (C=O) groups excluding carboxylic acids is 1. The molecule has 0 saturated heterocycles. The molecular formula is C11H17ClN4O2. The molecule has 1 rings (SSSR count). The van der Waals surface area contributed by atoms with Gasteiger partial charge in [0.25, 0.3) is 0 Å². The lowest BCUT2D eigenvalue weighted by Gasteiger charge is -2.19. The topological polar surface area (TPSA) is 76.1 Å². The van der Waals surface area contributed by atoms with Crippen molar-refractivity contribution in [2.75, 3.05) is 18.4 Å². The van der Waals surface area contributed by atoms with Gasteiger partial charge in [0, 0.05) is 25.5 Å². The molecule has 0 aliphatic rings. The highest BCUT2D eigenvalue weighted by atomic mass is 35.5. The van der Waals surface area contributed by atoms with E-state index in [1.807, 2.05) is 20.8 Å². The quantitative estimate of drug-likeness (QED) is 0.821. The molecule has 1 amide bonds. The highest BCUT2D eigenvalue weighted by Gasteiger charge is 2.15. The molecule has 7 heteroatoms. The zero-order chi connectivity index (χ0) is 13.6. The minimum atomic E-state index is -0.494. The van der Waals surface area contributed by atoms with Crippen molar-refractivity contribution in [3.63, 3.8) is 0 Å². The molecule has 1 aromatic heterocycles. The predicted molar refractivity (Wildman–Crippen MR) is 69.8 cm³/mol. The lowest BCUT2D eigenvalue weighted by atomic mass is 10.2. The summed E-state index contributed by atoms with van der Waals surface area (Å²) in [6, 6.07) is 0. The van der Waals surface area contributed by atoms with Crippen LogP contribution in [0.25, 0.3) is 0 Å². The van der Waals surface area contributed by atoms with Crippen LogP contribution in [0.5, 0.6) is 0 Å². The predicted octanol–water partition coefficient (Wildman–Crippen LogP) is 2.07. The van der Waals surface area contributed by atoms with Crippen molar-refractivity contribution < 1.29 is 9.53 Å². The smallest absolute Gasteiger partial charge is 0.407 e. The van der Waals surface area contributed by atoms with Crippen LogP contribution in [0.15, 0.2) is 12.4 Å². The lowest BCUT2D eigenvalue weighted by molar-refractivity contribution is 0.0530. The molecule has 0 bridgehead atoms. The number of amides is 1. The van der Waals surface area contributed by atoms with Crippen LogP contribution in [0, 0.1) is 0 Å². The Labute approximate surface area is 111 Å². The molecule has 0 aliphatic carbocycles. The molecule has 1 heterocycles. The van der Waals surface area contributed by atoms with Crippen LogP contribution in [-0.4, -0.2) is 34.8 Å². The van der Waals surface area contributed by atoms with E-state index in [2.05, 4.69) is 20.6 Å². The number of rotatable bonds is 4. The van der Waals surface area contributed by atoms with Gasteiger partial charge in [0.2, 0.25) is 0 Å². The molecule has 0 atom stereocenters. The second kappa shape index (κ2) is 6.39. The maximum Gasteiger partial charge on any atom is 0.407 e. The van der Waals surface area contributed by atoms with Crippen molar-refractivity contribution in [3.05, 3.63) is 17.5 Å². The monoisotopic (exact) mass is 272 g/mol. The second-order valence-electron chi connectivity index (χ2n) is 4.55. The summed E-state index contributed by atoms with van der Waals surface area (Å²) >= 11 is 5.80. The van der Waals surface area contributed by atoms with Crippen LogP contribution >= 0.6 is 11.6 Å². The first-order valence-electron chi connectivity index (χ1n) is 5.56. The van der Waals surface area contributed by atoms with Gasteiger partial charge < -0.3 is 15.4 Å². The Balaban J connectivity index is 2.23. The SMILES string of the molecule is CC(C)(C)OC(=O)NCCNc1nccnc1Cl. The van der Waals surface area contributed by atoms with Crippen molar-refractivity contribution in [3.8, 4) is 0 Å². The Hall–Kier alpha value is -1.56. The molecule has 0 unspecified atom stereocenters. The Bertz CT molecular complexity index is 406. The van der Waals surface area contributed by atoms with E-state index in [9.17, 15) is 4.79 Å². The molecule has 100 valence electrons. The number of nitrogens with one attached hydrogen (secondary N) is 2. The third-order valence-electron chi connectivity index (χ3n) is 1.74. The molecule has 0 radical (unpaired) electrons. The van der Waals surface area contributed by atoms with Crippen molar-refractivity contribution in [2.45, 2.75) is 26.4 Å². The van der Waals surface area contributed by atoms with Crippen LogP contribution in [0.1, 0.15) is 20.8 Å². The first-order chi connectivity index (χ1) is 8.38. The van der Waals surface area contributed by atoms with Gasteiger partial charge in [0.15, 0.2) is 11.0 Å². The highest BCUT2D eigenvalue weighted by molar-refractivity contribution is 6.31. The summed E-state index contributed by atoms with van der Waals surface area (Å²) in [5, 5.41) is 5.87. The molecule has 2 N–H and O–H groups in total. The summed E-state index contributed by atoms with van der Waals surface area (Å²) in [6.45, 7) is 6.32. The van der Waals surface area contributed by atoms with Gasteiger partial charge in [-0.15, -0.1) is 0 Å². The number of carbonyl (C=O) groups is 1. The maximum atomic E-state index is 11.3. The number of hydrogen-bond donors (Lipinski definition) is 2. The van der Waals surface area contributed by atoms with Crippen molar-refractivity contribution in [1.29, 1.82) is 0 Å². The van der Waals surface area contributed by atoms with Gasteiger partial charge in [-0.2, -0.15) is 0 Å². The number of alkyl carbamates (subject to hydrolysis) is 1. The largest absolute Gasteiger partial charge is 0.444 e. The average Bonchev–Trinajstić information content (AvgIpc) is 2.24. The average molecular weight is 273 g/mol. The zero-order valence-electron chi connectivity index (χ0n) is 10.7. The van der Waals surface area contributed by atoms with E-state index in [1.165, 1.54) is 12.4 Å². The van der Waals surface area contributed by atoms with Crippen LogP contribution in [-0.2, 0) is 4.74 Å². The molecule has 0 fully saturated rings. The summed E-state index contributed by atoms with van der Waals surface area (Å²) in [7, 11) is 0. The first-order valence-corrected chi connectivity index (χ1v) is 5.93. The van der Waals surface area contributed by atoms with Crippen LogP contribution < -0.4 is 10.6 Å². The van der Waals surface area contributed by atoms with Crippen LogP contribution in [0.4, 0.5) is 10.6 Å². The number of aromatic nitrogens is 2. The van der Waals surface area contributed by atoms with Gasteiger partial charge in [-0.1, -0.05) is 11.6 Å². The van der Waals surface area contributed by atoms with Gasteiger partial charge in [-0.25, -0.2) is 14.8 Å². The molecule has 6 nitrogen and oxygen atoms in total. The fraction of sp³-hybridized carbons (Fsp3) is 0.545. The number of ether oxygens (including phenoxy) is 1. The Kier molecular flexibility index (Phi) is 5.15. The number of hydrogen-bond acceptors (Lipinski definition) is 5. The normalized spacial score (nSPS) is 10.9. The van der Waals surface area contributed by atoms with Gasteiger partial charge in [0.05, 0.1) is 0 Å². The number of nitrogens with zero attached hydrogens (tertiary/aromatic N) is 2. The standard InChI is InChI=1S/C11H17ClN4O2/c1-11(2,3)18-10(17)16-7-6-15-9-8(12)13-4-5-14-9/h4-5H,6-7H2,1-3H3,(H,14,15)(H,16,17). The second-order valence-corrected chi connectivity index (χ2v) is 4.91. The minimum Gasteiger partial charge on any atom is -0.444 e. The van der Waals surface area contributed by atoms with Crippen LogP contribution in [0.2, 0.25) is 5.15 Å². The number of halogens is 1. The van der Waals surface area contributed by atoms with Gasteiger partial charge in [-0.05, 0) is 20.8 Å². The van der Waals surface area contributed by atoms with Gasteiger partial charge in [0.1, 0.15) is 5.60 Å². The third-order valence-corrected chi connectivity index (χ3v) is 2.02. The molecule has 0 aromatic carbocycles. The molecule has 18 heavy (non-hydrogen) atoms. The zero-order valence-corrected chi connectivity index (χ0v) is 11.4. The van der Waals surface area contributed by atoms with Crippen molar-refractivity contribution >= 4 is 23.5 Å². The van der Waals surface area contributed by atoms with Crippen LogP contribution in [0.3, 0.4) is 0 Å². The Morgan fingerprint density at radius 2 is 2.00 bits per heavy atom. The fourth-order valence-corrected chi connectivity index (χ4v) is 1.27. The summed E-state index contributed by atoms with van der Waals surface area (Å²) in [5.41, 5.74) is -0.494. The van der Waals surface area contributed by atoms with E-state index >= 15 is 0 Å². The number of anilines is 1. The van der Waals surface area contributed by atoms with Gasteiger partial charge >= 0.3 is 6.09 Å². The van der Waals surface area contributed by atoms with Crippen molar-refractivity contribution in [2.24, 2.45) is 0 Å². The summed E-state index contributed by atoms with van der Waals surface area (Å²) in [5.74, 6) is 0.491. The first kappa shape index (κ1) is 14.5. The van der Waals surface area contributed by atoms with E-state index < -0.39 is 11.7 Å².